The molecule has 25 heavy (non-hydrogen) atoms. The molecule has 0 N–H and O–H groups in total. The van der Waals surface area contributed by atoms with E-state index in [2.05, 4.69) is 17.9 Å². The number of hydrogen-bond acceptors (Lipinski definition) is 5. The van der Waals surface area contributed by atoms with Gasteiger partial charge in [-0.3, -0.25) is 4.99 Å². The summed E-state index contributed by atoms with van der Waals surface area (Å²) in [6.45, 7) is 2.09. The first-order valence-electron chi connectivity index (χ1n) is 7.96. The quantitative estimate of drug-likeness (QED) is 0.736. The first kappa shape index (κ1) is 16.4. The van der Waals surface area contributed by atoms with Crippen LogP contribution >= 0.6 is 23.4 Å². The number of methoxy groups -OCH3 is 1. The summed E-state index contributed by atoms with van der Waals surface area (Å²) < 4.78 is 11.0. The van der Waals surface area contributed by atoms with E-state index in [0.29, 0.717) is 5.03 Å². The lowest BCUT2D eigenvalue weighted by atomic mass is 10.0. The number of ether oxygens (including phenoxy) is 1. The molecule has 0 bridgehead atoms. The molecule has 2 aliphatic heterocycles. The molecule has 1 aromatic heterocycles. The standard InChI is InChI=1S/C19H17ClN2O2S/c1-12-18(22-9-3-4-16(20)19(22)21-12)13-10-17(24-11-13)25-15-7-5-14(23-2)6-8-15/h3-12,18H,1-2H3. The lowest BCUT2D eigenvalue weighted by Gasteiger charge is -2.26. The predicted molar refractivity (Wildman–Crippen MR) is 100 cm³/mol. The fraction of sp³-hybridized carbons (Fsp3) is 0.211. The van der Waals surface area contributed by atoms with Crippen LogP contribution in [0.25, 0.3) is 0 Å². The second-order valence-corrected chi connectivity index (χ2v) is 7.36. The number of halogens is 1. The Morgan fingerprint density at radius 2 is 2.08 bits per heavy atom. The van der Waals surface area contributed by atoms with E-state index < -0.39 is 0 Å². The Morgan fingerprint density at radius 1 is 1.28 bits per heavy atom. The van der Waals surface area contributed by atoms with E-state index in [1.54, 1.807) is 18.9 Å². The highest BCUT2D eigenvalue weighted by Gasteiger charge is 2.36. The van der Waals surface area contributed by atoms with Crippen LogP contribution in [-0.4, -0.2) is 23.9 Å². The van der Waals surface area contributed by atoms with Gasteiger partial charge in [-0.25, -0.2) is 0 Å². The smallest absolute Gasteiger partial charge is 0.165 e. The Bertz CT molecular complexity index is 870. The van der Waals surface area contributed by atoms with Crippen molar-refractivity contribution in [2.45, 2.75) is 29.0 Å². The fourth-order valence-corrected chi connectivity index (χ4v) is 4.09. The molecule has 2 aliphatic rings. The molecule has 4 nitrogen and oxygen atoms in total. The van der Waals surface area contributed by atoms with Gasteiger partial charge >= 0.3 is 0 Å². The summed E-state index contributed by atoms with van der Waals surface area (Å²) in [6, 6.07) is 10.2. The van der Waals surface area contributed by atoms with Crippen LogP contribution in [0.4, 0.5) is 0 Å². The highest BCUT2D eigenvalue weighted by atomic mass is 35.5. The summed E-state index contributed by atoms with van der Waals surface area (Å²) in [5.74, 6) is 1.67. The van der Waals surface area contributed by atoms with E-state index >= 15 is 0 Å². The zero-order valence-electron chi connectivity index (χ0n) is 13.8. The van der Waals surface area contributed by atoms with Gasteiger partial charge in [0.25, 0.3) is 0 Å². The van der Waals surface area contributed by atoms with Crippen LogP contribution in [0.15, 0.2) is 79.4 Å². The highest BCUT2D eigenvalue weighted by molar-refractivity contribution is 7.99. The predicted octanol–water partition coefficient (Wildman–Crippen LogP) is 5.23. The molecule has 2 unspecified atom stereocenters. The third kappa shape index (κ3) is 3.10. The van der Waals surface area contributed by atoms with Gasteiger partial charge in [-0.2, -0.15) is 0 Å². The highest BCUT2D eigenvalue weighted by Crippen LogP contribution is 2.39. The summed E-state index contributed by atoms with van der Waals surface area (Å²) >= 11 is 7.86. The molecule has 0 aliphatic carbocycles. The molecule has 4 rings (SSSR count). The Balaban J connectivity index is 1.53. The lowest BCUT2D eigenvalue weighted by molar-refractivity contribution is 0.397. The number of aliphatic imine (C=N–C) groups is 1. The van der Waals surface area contributed by atoms with Crippen molar-refractivity contribution in [2.24, 2.45) is 4.99 Å². The van der Waals surface area contributed by atoms with E-state index in [0.717, 1.165) is 27.1 Å². The van der Waals surface area contributed by atoms with Gasteiger partial charge in [0.05, 0.1) is 30.5 Å². The summed E-state index contributed by atoms with van der Waals surface area (Å²) in [6.07, 6.45) is 7.64. The van der Waals surface area contributed by atoms with Gasteiger partial charge in [0.2, 0.25) is 0 Å². The molecule has 2 atom stereocenters. The molecule has 0 fully saturated rings. The molecule has 1 aromatic carbocycles. The first-order chi connectivity index (χ1) is 12.2. The maximum Gasteiger partial charge on any atom is 0.165 e. The SMILES string of the molecule is COc1ccc(Sc2cc(C3C(C)N=C4C(Cl)=CC=CN43)co2)cc1. The van der Waals surface area contributed by atoms with E-state index in [-0.39, 0.29) is 12.1 Å². The molecule has 0 saturated heterocycles. The number of fused-ring (bicyclic) bond motifs is 1. The minimum atomic E-state index is 0.0997. The summed E-state index contributed by atoms with van der Waals surface area (Å²) in [4.78, 5) is 7.90. The molecular weight excluding hydrogens is 356 g/mol. The van der Waals surface area contributed by atoms with Crippen molar-refractivity contribution < 1.29 is 9.15 Å². The molecule has 0 amide bonds. The normalized spacial score (nSPS) is 21.8. The topological polar surface area (TPSA) is 38.0 Å². The Morgan fingerprint density at radius 3 is 2.84 bits per heavy atom. The number of allylic oxidation sites excluding steroid dienone is 2. The van der Waals surface area contributed by atoms with Crippen LogP contribution < -0.4 is 4.74 Å². The lowest BCUT2D eigenvalue weighted by Crippen LogP contribution is -2.28. The van der Waals surface area contributed by atoms with Crippen LogP contribution in [0.5, 0.6) is 5.75 Å². The number of rotatable bonds is 4. The maximum absolute atomic E-state index is 6.27. The number of nitrogens with zero attached hydrogens (tertiary/aromatic N) is 2. The molecule has 128 valence electrons. The van der Waals surface area contributed by atoms with E-state index in [4.69, 9.17) is 25.7 Å². The van der Waals surface area contributed by atoms with E-state index in [1.807, 2.05) is 48.9 Å². The third-order valence-electron chi connectivity index (χ3n) is 4.25. The fourth-order valence-electron chi connectivity index (χ4n) is 3.08. The van der Waals surface area contributed by atoms with Gasteiger partial charge in [0, 0.05) is 16.7 Å². The van der Waals surface area contributed by atoms with Gasteiger partial charge in [-0.05, 0) is 49.4 Å². The zero-order chi connectivity index (χ0) is 17.4. The number of benzene rings is 1. The van der Waals surface area contributed by atoms with Crippen molar-refractivity contribution in [1.29, 1.82) is 0 Å². The summed E-state index contributed by atoms with van der Waals surface area (Å²) in [5.41, 5.74) is 1.10. The minimum absolute atomic E-state index is 0.0997. The number of amidine groups is 1. The average Bonchev–Trinajstić information content (AvgIpc) is 3.20. The van der Waals surface area contributed by atoms with Crippen molar-refractivity contribution in [2.75, 3.05) is 7.11 Å². The third-order valence-corrected chi connectivity index (χ3v) is 5.46. The summed E-state index contributed by atoms with van der Waals surface area (Å²) in [7, 11) is 1.66. The molecule has 2 aromatic rings. The minimum Gasteiger partial charge on any atom is -0.497 e. The van der Waals surface area contributed by atoms with Crippen molar-refractivity contribution >= 4 is 29.2 Å². The molecule has 0 spiro atoms. The molecule has 3 heterocycles. The van der Waals surface area contributed by atoms with Crippen LogP contribution in [0, 0.1) is 0 Å². The van der Waals surface area contributed by atoms with Crippen molar-refractivity contribution in [1.82, 2.24) is 4.90 Å². The molecule has 0 radical (unpaired) electrons. The number of hydrogen-bond donors (Lipinski definition) is 0. The van der Waals surface area contributed by atoms with E-state index in [1.165, 1.54) is 0 Å². The van der Waals surface area contributed by atoms with Crippen LogP contribution in [0.2, 0.25) is 0 Å². The maximum atomic E-state index is 6.27. The van der Waals surface area contributed by atoms with Crippen LogP contribution in [0.1, 0.15) is 18.5 Å². The van der Waals surface area contributed by atoms with Crippen molar-refractivity contribution in [3.8, 4) is 5.75 Å². The van der Waals surface area contributed by atoms with Gasteiger partial charge in [0.15, 0.2) is 5.09 Å². The van der Waals surface area contributed by atoms with Crippen LogP contribution in [0.3, 0.4) is 0 Å². The summed E-state index contributed by atoms with van der Waals surface area (Å²) in [5, 5.41) is 1.52. The van der Waals surface area contributed by atoms with Crippen LogP contribution in [-0.2, 0) is 0 Å². The van der Waals surface area contributed by atoms with Gasteiger partial charge < -0.3 is 14.1 Å². The van der Waals surface area contributed by atoms with E-state index in [9.17, 15) is 0 Å². The Hall–Kier alpha value is -2.11. The largest absolute Gasteiger partial charge is 0.497 e. The van der Waals surface area contributed by atoms with Crippen molar-refractivity contribution in [3.05, 3.63) is 65.5 Å². The molecular formula is C19H17ClN2O2S. The van der Waals surface area contributed by atoms with Gasteiger partial charge in [-0.1, -0.05) is 23.4 Å². The zero-order valence-corrected chi connectivity index (χ0v) is 15.4. The second kappa shape index (κ2) is 6.65. The number of furan rings is 1. The van der Waals surface area contributed by atoms with Gasteiger partial charge in [0.1, 0.15) is 11.6 Å². The molecule has 0 saturated carbocycles. The Kier molecular flexibility index (Phi) is 4.36. The Labute approximate surface area is 155 Å². The second-order valence-electron chi connectivity index (χ2n) is 5.88. The average molecular weight is 373 g/mol. The van der Waals surface area contributed by atoms with Crippen molar-refractivity contribution in [3.63, 3.8) is 0 Å². The molecule has 6 heteroatoms. The monoisotopic (exact) mass is 372 g/mol. The van der Waals surface area contributed by atoms with Gasteiger partial charge in [-0.15, -0.1) is 0 Å². The first-order valence-corrected chi connectivity index (χ1v) is 9.16.